The number of amides is 2. The number of hydrogen-bond acceptors (Lipinski definition) is 6. The number of fused-ring (bicyclic) bond motifs is 5. The van der Waals surface area contributed by atoms with Crippen molar-refractivity contribution in [3.05, 3.63) is 39.9 Å². The first-order chi connectivity index (χ1) is 13.8. The monoisotopic (exact) mass is 436 g/mol. The summed E-state index contributed by atoms with van der Waals surface area (Å²) in [5.74, 6) is -1.33. The lowest BCUT2D eigenvalue weighted by atomic mass is 9.85. The van der Waals surface area contributed by atoms with Crippen molar-refractivity contribution in [2.75, 3.05) is 7.11 Å². The van der Waals surface area contributed by atoms with E-state index in [2.05, 4.69) is 9.84 Å². The van der Waals surface area contributed by atoms with Crippen LogP contribution in [-0.2, 0) is 19.1 Å². The van der Waals surface area contributed by atoms with Gasteiger partial charge < -0.3 is 9.47 Å². The molecule has 1 aromatic rings. The Morgan fingerprint density at radius 1 is 1.17 bits per heavy atom. The topological polar surface area (TPSA) is 85.3 Å². The first kappa shape index (κ1) is 19.9. The molecule has 7 nitrogen and oxygen atoms in total. The minimum absolute atomic E-state index is 0.124. The maximum absolute atomic E-state index is 12.7. The molecular weight excluding hydrogens is 419 g/mol. The Hall–Kier alpha value is -2.38. The Balaban J connectivity index is 1.52. The number of esters is 1. The van der Waals surface area contributed by atoms with Crippen LogP contribution < -0.4 is 4.74 Å². The molecule has 1 saturated heterocycles. The third-order valence-corrected chi connectivity index (χ3v) is 6.18. The van der Waals surface area contributed by atoms with Crippen molar-refractivity contribution in [3.8, 4) is 5.75 Å². The fourth-order valence-electron chi connectivity index (χ4n) is 4.28. The van der Waals surface area contributed by atoms with E-state index in [4.69, 9.17) is 27.9 Å². The average molecular weight is 437 g/mol. The fraction of sp³-hybridized carbons (Fsp3) is 0.400. The van der Waals surface area contributed by atoms with Crippen LogP contribution in [0.4, 0.5) is 0 Å². The zero-order chi connectivity index (χ0) is 20.9. The molecule has 5 unspecified atom stereocenters. The molecule has 2 aliphatic carbocycles. The van der Waals surface area contributed by atoms with Gasteiger partial charge in [0.2, 0.25) is 0 Å². The molecule has 9 heteroatoms. The van der Waals surface area contributed by atoms with Crippen LogP contribution in [0.1, 0.15) is 18.9 Å². The first-order valence-corrected chi connectivity index (χ1v) is 9.91. The summed E-state index contributed by atoms with van der Waals surface area (Å²) in [7, 11) is 1.25. The van der Waals surface area contributed by atoms with E-state index < -0.39 is 12.1 Å². The lowest BCUT2D eigenvalue weighted by molar-refractivity contribution is -0.148. The fourth-order valence-corrected chi connectivity index (χ4v) is 4.88. The maximum atomic E-state index is 12.7. The van der Waals surface area contributed by atoms with E-state index in [1.165, 1.54) is 32.4 Å². The van der Waals surface area contributed by atoms with Crippen molar-refractivity contribution < 1.29 is 23.9 Å². The number of allylic oxidation sites excluding steroid dienone is 2. The molecule has 1 heterocycles. The van der Waals surface area contributed by atoms with Crippen molar-refractivity contribution in [3.63, 3.8) is 0 Å². The van der Waals surface area contributed by atoms with Gasteiger partial charge >= 0.3 is 5.97 Å². The molecule has 2 bridgehead atoms. The Bertz CT molecular complexity index is 907. The minimum atomic E-state index is -0.891. The number of halogens is 2. The van der Waals surface area contributed by atoms with Crippen molar-refractivity contribution in [2.45, 2.75) is 19.4 Å². The molecule has 0 N–H and O–H groups in total. The van der Waals surface area contributed by atoms with Gasteiger partial charge in [-0.3, -0.25) is 9.59 Å². The van der Waals surface area contributed by atoms with E-state index in [1.54, 1.807) is 0 Å². The van der Waals surface area contributed by atoms with Gasteiger partial charge in [-0.05, 0) is 42.9 Å². The number of imide groups is 1. The highest BCUT2D eigenvalue weighted by Gasteiger charge is 2.59. The van der Waals surface area contributed by atoms with Crippen molar-refractivity contribution in [1.82, 2.24) is 5.01 Å². The van der Waals surface area contributed by atoms with E-state index in [-0.39, 0.29) is 51.3 Å². The number of rotatable bonds is 5. The van der Waals surface area contributed by atoms with E-state index in [1.807, 2.05) is 12.2 Å². The van der Waals surface area contributed by atoms with Crippen molar-refractivity contribution in [1.29, 1.82) is 0 Å². The Labute approximate surface area is 177 Å². The zero-order valence-electron chi connectivity index (χ0n) is 15.7. The van der Waals surface area contributed by atoms with Gasteiger partial charge in [0.25, 0.3) is 11.8 Å². The van der Waals surface area contributed by atoms with Crippen LogP contribution in [0, 0.1) is 23.7 Å². The van der Waals surface area contributed by atoms with Crippen molar-refractivity contribution in [2.24, 2.45) is 28.8 Å². The molecule has 0 spiro atoms. The third kappa shape index (κ3) is 3.32. The summed E-state index contributed by atoms with van der Waals surface area (Å²) in [6.07, 6.45) is 5.38. The quantitative estimate of drug-likeness (QED) is 0.306. The molecule has 2 amide bonds. The van der Waals surface area contributed by atoms with E-state index in [9.17, 15) is 14.4 Å². The van der Waals surface area contributed by atoms with Crippen LogP contribution in [0.3, 0.4) is 0 Å². The second kappa shape index (κ2) is 7.46. The molecular formula is C20H18Cl2N2O5. The number of methoxy groups -OCH3 is 1. The predicted molar refractivity (Wildman–Crippen MR) is 106 cm³/mol. The Morgan fingerprint density at radius 3 is 2.24 bits per heavy atom. The highest BCUT2D eigenvalue weighted by Crippen LogP contribution is 2.52. The summed E-state index contributed by atoms with van der Waals surface area (Å²) in [5.41, 5.74) is 0.483. The number of ether oxygens (including phenoxy) is 2. The number of carbonyl (C=O) groups is 3. The normalized spacial score (nSPS) is 28.3. The van der Waals surface area contributed by atoms with E-state index >= 15 is 0 Å². The SMILES string of the molecule is COC(=O)C(C)Oc1c(Cl)cc(C=NN2C(=O)C3C4C=CC(C4)C3C2=O)cc1Cl. The summed E-state index contributed by atoms with van der Waals surface area (Å²) < 4.78 is 10.1. The second-order valence-corrected chi connectivity index (χ2v) is 8.14. The number of hydrogen-bond donors (Lipinski definition) is 0. The number of nitrogens with zero attached hydrogens (tertiary/aromatic N) is 2. The largest absolute Gasteiger partial charge is 0.476 e. The molecule has 2 fully saturated rings. The molecule has 0 aromatic heterocycles. The lowest BCUT2D eigenvalue weighted by Crippen LogP contribution is -2.28. The third-order valence-electron chi connectivity index (χ3n) is 5.62. The van der Waals surface area contributed by atoms with Gasteiger partial charge in [-0.1, -0.05) is 35.4 Å². The highest BCUT2D eigenvalue weighted by molar-refractivity contribution is 6.37. The van der Waals surface area contributed by atoms with Crippen molar-refractivity contribution >= 4 is 47.2 Å². The predicted octanol–water partition coefficient (Wildman–Crippen LogP) is 3.07. The van der Waals surface area contributed by atoms with Gasteiger partial charge in [-0.2, -0.15) is 10.1 Å². The summed E-state index contributed by atoms with van der Waals surface area (Å²) in [4.78, 5) is 36.8. The molecule has 1 aliphatic heterocycles. The zero-order valence-corrected chi connectivity index (χ0v) is 17.2. The number of hydrazone groups is 1. The van der Waals surface area contributed by atoms with Gasteiger partial charge in [0, 0.05) is 0 Å². The molecule has 1 aromatic carbocycles. The molecule has 152 valence electrons. The van der Waals surface area contributed by atoms with Crippen LogP contribution in [0.5, 0.6) is 5.75 Å². The van der Waals surface area contributed by atoms with Gasteiger partial charge in [-0.25, -0.2) is 4.79 Å². The standard InChI is InChI=1S/C20H18Cl2N2O5/c1-9(20(27)28-2)29-17-13(21)5-10(6-14(17)22)8-23-24-18(25)15-11-3-4-12(7-11)16(15)19(24)26/h3-6,8-9,11-12,15-16H,7H2,1-2H3. The molecule has 3 aliphatic rings. The van der Waals surface area contributed by atoms with Crippen LogP contribution >= 0.6 is 23.2 Å². The van der Waals surface area contributed by atoms with Crippen LogP contribution in [0.15, 0.2) is 29.4 Å². The van der Waals surface area contributed by atoms with Gasteiger partial charge in [0.1, 0.15) is 0 Å². The Kier molecular flexibility index (Phi) is 5.12. The Morgan fingerprint density at radius 2 is 1.72 bits per heavy atom. The van der Waals surface area contributed by atoms with Gasteiger partial charge in [0.05, 0.1) is 35.2 Å². The van der Waals surface area contributed by atoms with Gasteiger partial charge in [0.15, 0.2) is 11.9 Å². The number of carbonyl (C=O) groups excluding carboxylic acids is 3. The molecule has 4 rings (SSSR count). The summed E-state index contributed by atoms with van der Waals surface area (Å²) in [6.45, 7) is 1.51. The summed E-state index contributed by atoms with van der Waals surface area (Å²) in [6, 6.07) is 3.04. The summed E-state index contributed by atoms with van der Waals surface area (Å²) in [5, 5.41) is 5.37. The van der Waals surface area contributed by atoms with Crippen LogP contribution in [0.2, 0.25) is 10.0 Å². The molecule has 5 atom stereocenters. The smallest absolute Gasteiger partial charge is 0.346 e. The van der Waals surface area contributed by atoms with Crippen LogP contribution in [-0.4, -0.2) is 42.2 Å². The second-order valence-electron chi connectivity index (χ2n) is 7.33. The minimum Gasteiger partial charge on any atom is -0.476 e. The molecule has 29 heavy (non-hydrogen) atoms. The lowest BCUT2D eigenvalue weighted by Gasteiger charge is -2.15. The molecule has 1 saturated carbocycles. The molecule has 0 radical (unpaired) electrons. The van der Waals surface area contributed by atoms with Gasteiger partial charge in [-0.15, -0.1) is 0 Å². The number of benzene rings is 1. The average Bonchev–Trinajstić information content (AvgIpc) is 3.36. The maximum Gasteiger partial charge on any atom is 0.346 e. The van der Waals surface area contributed by atoms with E-state index in [0.29, 0.717) is 5.56 Å². The highest BCUT2D eigenvalue weighted by atomic mass is 35.5. The summed E-state index contributed by atoms with van der Waals surface area (Å²) >= 11 is 12.4. The van der Waals surface area contributed by atoms with Crippen LogP contribution in [0.25, 0.3) is 0 Å². The van der Waals surface area contributed by atoms with E-state index in [0.717, 1.165) is 11.4 Å². The first-order valence-electron chi connectivity index (χ1n) is 9.15.